The van der Waals surface area contributed by atoms with E-state index in [9.17, 15) is 4.79 Å². The molecule has 0 saturated carbocycles. The van der Waals surface area contributed by atoms with Gasteiger partial charge in [-0.3, -0.25) is 0 Å². The smallest absolute Gasteiger partial charge is 0.317 e. The van der Waals surface area contributed by atoms with Gasteiger partial charge in [0.2, 0.25) is 0 Å². The Labute approximate surface area is 112 Å². The third-order valence-electron chi connectivity index (χ3n) is 2.39. The van der Waals surface area contributed by atoms with E-state index < -0.39 is 0 Å². The van der Waals surface area contributed by atoms with Crippen LogP contribution < -0.4 is 5.32 Å². The third kappa shape index (κ3) is 5.48. The largest absolute Gasteiger partial charge is 0.383 e. The lowest BCUT2D eigenvalue weighted by atomic mass is 10.3. The van der Waals surface area contributed by atoms with Gasteiger partial charge in [0.1, 0.15) is 0 Å². The van der Waals surface area contributed by atoms with Gasteiger partial charge in [-0.1, -0.05) is 0 Å². The fourth-order valence-corrected chi connectivity index (χ4v) is 2.09. The minimum absolute atomic E-state index is 0.0877. The van der Waals surface area contributed by atoms with Crippen LogP contribution in [0.3, 0.4) is 0 Å². The maximum atomic E-state index is 12.0. The lowest BCUT2D eigenvalue weighted by Crippen LogP contribution is -2.42. The highest BCUT2D eigenvalue weighted by Gasteiger charge is 2.13. The lowest BCUT2D eigenvalue weighted by Gasteiger charge is -2.22. The first-order valence-corrected chi connectivity index (χ1v) is 6.74. The Hall–Kier alpha value is -1.11. The molecule has 1 aromatic heterocycles. The van der Waals surface area contributed by atoms with E-state index in [1.54, 1.807) is 30.5 Å². The molecule has 0 saturated heterocycles. The molecule has 0 spiro atoms. The van der Waals surface area contributed by atoms with Gasteiger partial charge in [0.25, 0.3) is 0 Å². The molecule has 2 amide bonds. The van der Waals surface area contributed by atoms with Crippen LogP contribution in [0.1, 0.15) is 5.56 Å². The average Bonchev–Trinajstić information content (AvgIpc) is 2.87. The SMILES string of the molecule is COCCNC(=O)N(CCOC)Cc1ccsc1. The van der Waals surface area contributed by atoms with E-state index in [-0.39, 0.29) is 6.03 Å². The second kappa shape index (κ2) is 8.91. The molecule has 0 fully saturated rings. The molecule has 6 heteroatoms. The van der Waals surface area contributed by atoms with Crippen LogP contribution in [-0.2, 0) is 16.0 Å². The molecule has 0 aliphatic carbocycles. The van der Waals surface area contributed by atoms with Gasteiger partial charge in [0, 0.05) is 33.9 Å². The van der Waals surface area contributed by atoms with Gasteiger partial charge < -0.3 is 19.7 Å². The number of amides is 2. The second-order valence-corrected chi connectivity index (χ2v) is 4.55. The number of thiophene rings is 1. The van der Waals surface area contributed by atoms with Gasteiger partial charge in [0.05, 0.1) is 13.2 Å². The molecule has 18 heavy (non-hydrogen) atoms. The molecule has 0 bridgehead atoms. The third-order valence-corrected chi connectivity index (χ3v) is 3.12. The summed E-state index contributed by atoms with van der Waals surface area (Å²) in [4.78, 5) is 13.7. The van der Waals surface area contributed by atoms with Crippen molar-refractivity contribution in [1.82, 2.24) is 10.2 Å². The number of urea groups is 1. The van der Waals surface area contributed by atoms with E-state index in [1.165, 1.54) is 0 Å². The second-order valence-electron chi connectivity index (χ2n) is 3.77. The number of nitrogens with zero attached hydrogens (tertiary/aromatic N) is 1. The van der Waals surface area contributed by atoms with Gasteiger partial charge in [0.15, 0.2) is 0 Å². The zero-order chi connectivity index (χ0) is 13.2. The molecule has 1 rings (SSSR count). The summed E-state index contributed by atoms with van der Waals surface area (Å²) in [7, 11) is 3.24. The summed E-state index contributed by atoms with van der Waals surface area (Å²) < 4.78 is 9.93. The number of hydrogen-bond donors (Lipinski definition) is 1. The molecule has 0 radical (unpaired) electrons. The summed E-state index contributed by atoms with van der Waals surface area (Å²) in [6.45, 7) is 2.74. The quantitative estimate of drug-likeness (QED) is 0.731. The molecular weight excluding hydrogens is 252 g/mol. The lowest BCUT2D eigenvalue weighted by molar-refractivity contribution is 0.143. The highest BCUT2D eigenvalue weighted by atomic mass is 32.1. The molecule has 1 heterocycles. The van der Waals surface area contributed by atoms with Crippen LogP contribution in [0, 0.1) is 0 Å². The Balaban J connectivity index is 2.45. The maximum Gasteiger partial charge on any atom is 0.317 e. The van der Waals surface area contributed by atoms with E-state index >= 15 is 0 Å². The van der Waals surface area contributed by atoms with Crippen molar-refractivity contribution in [3.63, 3.8) is 0 Å². The Morgan fingerprint density at radius 2 is 2.17 bits per heavy atom. The van der Waals surface area contributed by atoms with Crippen LogP contribution in [0.25, 0.3) is 0 Å². The van der Waals surface area contributed by atoms with Crippen LogP contribution in [0.15, 0.2) is 16.8 Å². The van der Waals surface area contributed by atoms with E-state index in [0.29, 0.717) is 32.8 Å². The fourth-order valence-electron chi connectivity index (χ4n) is 1.43. The number of hydrogen-bond acceptors (Lipinski definition) is 4. The van der Waals surface area contributed by atoms with Gasteiger partial charge in [-0.2, -0.15) is 11.3 Å². The topological polar surface area (TPSA) is 50.8 Å². The molecule has 5 nitrogen and oxygen atoms in total. The van der Waals surface area contributed by atoms with Gasteiger partial charge in [-0.25, -0.2) is 4.79 Å². The molecular formula is C12H20N2O3S. The van der Waals surface area contributed by atoms with Crippen molar-refractivity contribution in [1.29, 1.82) is 0 Å². The molecule has 102 valence electrons. The Bertz CT molecular complexity index is 330. The number of carbonyl (C=O) groups excluding carboxylic acids is 1. The van der Waals surface area contributed by atoms with Crippen molar-refractivity contribution in [3.05, 3.63) is 22.4 Å². The minimum atomic E-state index is -0.0877. The Kier molecular flexibility index (Phi) is 7.40. The van der Waals surface area contributed by atoms with Gasteiger partial charge in [-0.05, 0) is 22.4 Å². The van der Waals surface area contributed by atoms with Crippen molar-refractivity contribution in [2.24, 2.45) is 0 Å². The van der Waals surface area contributed by atoms with Crippen molar-refractivity contribution < 1.29 is 14.3 Å². The predicted molar refractivity (Wildman–Crippen MR) is 71.9 cm³/mol. The normalized spacial score (nSPS) is 10.3. The number of carbonyl (C=O) groups is 1. The molecule has 0 atom stereocenters. The number of nitrogens with one attached hydrogen (secondary N) is 1. The molecule has 1 N–H and O–H groups in total. The highest BCUT2D eigenvalue weighted by molar-refractivity contribution is 7.07. The van der Waals surface area contributed by atoms with E-state index in [0.717, 1.165) is 5.56 Å². The monoisotopic (exact) mass is 272 g/mol. The summed E-state index contributed by atoms with van der Waals surface area (Å²) in [6.07, 6.45) is 0. The van der Waals surface area contributed by atoms with Crippen LogP contribution in [-0.4, -0.2) is 51.5 Å². The molecule has 0 aliphatic rings. The molecule has 0 unspecified atom stereocenters. The number of methoxy groups -OCH3 is 2. The fraction of sp³-hybridized carbons (Fsp3) is 0.583. The first kappa shape index (κ1) is 14.9. The standard InChI is InChI=1S/C12H20N2O3S/c1-16-6-4-13-12(15)14(5-7-17-2)9-11-3-8-18-10-11/h3,8,10H,4-7,9H2,1-2H3,(H,13,15). The summed E-state index contributed by atoms with van der Waals surface area (Å²) >= 11 is 1.63. The first-order chi connectivity index (χ1) is 8.77. The van der Waals surface area contributed by atoms with Crippen molar-refractivity contribution in [3.8, 4) is 0 Å². The van der Waals surface area contributed by atoms with Crippen LogP contribution >= 0.6 is 11.3 Å². The van der Waals surface area contributed by atoms with Crippen molar-refractivity contribution in [2.75, 3.05) is 40.5 Å². The molecule has 0 aliphatic heterocycles. The number of ether oxygens (including phenoxy) is 2. The minimum Gasteiger partial charge on any atom is -0.383 e. The van der Waals surface area contributed by atoms with Crippen molar-refractivity contribution in [2.45, 2.75) is 6.54 Å². The maximum absolute atomic E-state index is 12.0. The Morgan fingerprint density at radius 3 is 2.78 bits per heavy atom. The summed E-state index contributed by atoms with van der Waals surface area (Å²) in [5.41, 5.74) is 1.14. The van der Waals surface area contributed by atoms with Crippen LogP contribution in [0.5, 0.6) is 0 Å². The molecule has 0 aromatic carbocycles. The summed E-state index contributed by atoms with van der Waals surface area (Å²) in [5.74, 6) is 0. The first-order valence-electron chi connectivity index (χ1n) is 5.79. The van der Waals surface area contributed by atoms with E-state index in [2.05, 4.69) is 5.32 Å². The number of rotatable bonds is 8. The zero-order valence-corrected chi connectivity index (χ0v) is 11.7. The molecule has 1 aromatic rings. The highest BCUT2D eigenvalue weighted by Crippen LogP contribution is 2.09. The van der Waals surface area contributed by atoms with Crippen LogP contribution in [0.2, 0.25) is 0 Å². The van der Waals surface area contributed by atoms with E-state index in [4.69, 9.17) is 9.47 Å². The van der Waals surface area contributed by atoms with Crippen molar-refractivity contribution >= 4 is 17.4 Å². The van der Waals surface area contributed by atoms with Gasteiger partial charge in [-0.15, -0.1) is 0 Å². The predicted octanol–water partition coefficient (Wildman–Crippen LogP) is 1.55. The van der Waals surface area contributed by atoms with E-state index in [1.807, 2.05) is 16.8 Å². The summed E-state index contributed by atoms with van der Waals surface area (Å²) in [5, 5.41) is 6.87. The van der Waals surface area contributed by atoms with Gasteiger partial charge >= 0.3 is 6.03 Å². The zero-order valence-electron chi connectivity index (χ0n) is 10.8. The Morgan fingerprint density at radius 1 is 1.39 bits per heavy atom. The average molecular weight is 272 g/mol. The van der Waals surface area contributed by atoms with Crippen LogP contribution in [0.4, 0.5) is 4.79 Å². The summed E-state index contributed by atoms with van der Waals surface area (Å²) in [6, 6.07) is 1.93.